The molecule has 0 unspecified atom stereocenters. The molecule has 4 heteroatoms. The fourth-order valence-corrected chi connectivity index (χ4v) is 3.07. The number of nitrogens with two attached hydrogens (primary N) is 1. The first-order valence-electron chi connectivity index (χ1n) is 7.35. The predicted octanol–water partition coefficient (Wildman–Crippen LogP) is 3.27. The average Bonchev–Trinajstić information content (AvgIpc) is 2.40. The second-order valence-corrected chi connectivity index (χ2v) is 7.01. The molecule has 0 aliphatic carbocycles. The molecule has 1 rings (SSSR count). The van der Waals surface area contributed by atoms with Crippen LogP contribution >= 0.6 is 0 Å². The van der Waals surface area contributed by atoms with E-state index in [0.717, 1.165) is 19.4 Å². The third kappa shape index (κ3) is 3.48. The van der Waals surface area contributed by atoms with Crippen molar-refractivity contribution in [3.05, 3.63) is 0 Å². The van der Waals surface area contributed by atoms with Crippen LogP contribution in [0.5, 0.6) is 0 Å². The molecule has 0 atom stereocenters. The molecule has 0 saturated carbocycles. The number of amides is 2. The Balaban J connectivity index is 3.13. The molecule has 0 aromatic heterocycles. The molecule has 0 fully saturated rings. The Bertz CT molecular complexity index is 348. The first-order valence-corrected chi connectivity index (χ1v) is 7.35. The summed E-state index contributed by atoms with van der Waals surface area (Å²) in [7, 11) is 0. The van der Waals surface area contributed by atoms with Crippen molar-refractivity contribution in [2.45, 2.75) is 59.9 Å². The van der Waals surface area contributed by atoms with Gasteiger partial charge in [-0.3, -0.25) is 0 Å². The van der Waals surface area contributed by atoms with Crippen LogP contribution in [0.15, 0.2) is 4.99 Å². The maximum absolute atomic E-state index is 12.2. The van der Waals surface area contributed by atoms with Crippen molar-refractivity contribution in [3.63, 3.8) is 0 Å². The summed E-state index contributed by atoms with van der Waals surface area (Å²) in [6, 6.07) is -0.160. The van der Waals surface area contributed by atoms with Crippen molar-refractivity contribution < 1.29 is 4.79 Å². The molecule has 4 nitrogen and oxygen atoms in total. The fraction of sp³-hybridized carbons (Fsp3) is 0.867. The summed E-state index contributed by atoms with van der Waals surface area (Å²) in [4.78, 5) is 18.1. The molecular weight excluding hydrogens is 238 g/mol. The largest absolute Gasteiger partial charge is 0.385 e. The highest BCUT2D eigenvalue weighted by molar-refractivity contribution is 6.05. The van der Waals surface area contributed by atoms with Crippen LogP contribution in [0.3, 0.4) is 0 Å². The third-order valence-corrected chi connectivity index (χ3v) is 3.48. The van der Waals surface area contributed by atoms with Gasteiger partial charge in [0, 0.05) is 6.54 Å². The Hall–Kier alpha value is -1.06. The minimum absolute atomic E-state index is 0.160. The van der Waals surface area contributed by atoms with Crippen molar-refractivity contribution in [2.24, 2.45) is 28.5 Å². The Morgan fingerprint density at radius 3 is 1.89 bits per heavy atom. The second kappa shape index (κ2) is 5.93. The van der Waals surface area contributed by atoms with Gasteiger partial charge in [-0.1, -0.05) is 41.5 Å². The zero-order valence-corrected chi connectivity index (χ0v) is 13.2. The molecule has 0 spiro atoms. The van der Waals surface area contributed by atoms with Gasteiger partial charge in [-0.25, -0.2) is 4.79 Å². The second-order valence-electron chi connectivity index (χ2n) is 7.01. The lowest BCUT2D eigenvalue weighted by atomic mass is 9.80. The zero-order chi connectivity index (χ0) is 14.8. The lowest BCUT2D eigenvalue weighted by molar-refractivity contribution is 0.129. The summed E-state index contributed by atoms with van der Waals surface area (Å²) in [5.74, 6) is 1.89. The lowest BCUT2D eigenvalue weighted by Crippen LogP contribution is -2.56. The maximum Gasteiger partial charge on any atom is 0.346 e. The summed E-state index contributed by atoms with van der Waals surface area (Å²) in [5.41, 5.74) is 5.78. The topological polar surface area (TPSA) is 58.7 Å². The maximum atomic E-state index is 12.2. The standard InChI is InChI=1S/C15H29N3O/c1-10(2)7-15(8-11(3)4)13(16)17-14(19)18(15)9-12(5)6/h10-12H,7-9H2,1-6H3,(H2,16,17,19). The van der Waals surface area contributed by atoms with E-state index in [-0.39, 0.29) is 11.6 Å². The minimum atomic E-state index is -0.371. The van der Waals surface area contributed by atoms with Crippen LogP contribution < -0.4 is 5.73 Å². The molecular formula is C15H29N3O. The summed E-state index contributed by atoms with van der Waals surface area (Å²) >= 11 is 0. The molecule has 2 amide bonds. The van der Waals surface area contributed by atoms with Gasteiger partial charge in [0.05, 0.1) is 0 Å². The van der Waals surface area contributed by atoms with Crippen molar-refractivity contribution in [1.82, 2.24) is 4.90 Å². The highest BCUT2D eigenvalue weighted by Gasteiger charge is 2.48. The molecule has 0 aromatic rings. The Labute approximate surface area is 117 Å². The number of aliphatic imine (C=N–C) groups is 1. The number of rotatable bonds is 6. The molecule has 1 aliphatic rings. The number of carbonyl (C=O) groups excluding carboxylic acids is 1. The molecule has 1 aliphatic heterocycles. The molecule has 2 N–H and O–H groups in total. The number of carbonyl (C=O) groups is 1. The first-order chi connectivity index (χ1) is 8.69. The molecule has 19 heavy (non-hydrogen) atoms. The van der Waals surface area contributed by atoms with E-state index in [1.807, 2.05) is 4.90 Å². The van der Waals surface area contributed by atoms with E-state index in [1.54, 1.807) is 0 Å². The molecule has 0 aromatic carbocycles. The summed E-state index contributed by atoms with van der Waals surface area (Å²) < 4.78 is 0. The number of hydrogen-bond donors (Lipinski definition) is 1. The van der Waals surface area contributed by atoms with Gasteiger partial charge in [0.2, 0.25) is 0 Å². The van der Waals surface area contributed by atoms with Crippen LogP contribution in [0.1, 0.15) is 54.4 Å². The van der Waals surface area contributed by atoms with Crippen LogP contribution in [-0.2, 0) is 0 Å². The van der Waals surface area contributed by atoms with Crippen molar-refractivity contribution in [2.75, 3.05) is 6.54 Å². The lowest BCUT2D eigenvalue weighted by Gasteiger charge is -2.41. The molecule has 0 bridgehead atoms. The predicted molar refractivity (Wildman–Crippen MR) is 80.2 cm³/mol. The molecule has 1 heterocycles. The molecule has 0 radical (unpaired) electrons. The van der Waals surface area contributed by atoms with Crippen molar-refractivity contribution >= 4 is 11.9 Å². The van der Waals surface area contributed by atoms with E-state index < -0.39 is 0 Å². The number of amidine groups is 1. The Morgan fingerprint density at radius 2 is 1.53 bits per heavy atom. The SMILES string of the molecule is CC(C)CN1C(=O)N=C(N)C1(CC(C)C)CC(C)C. The number of hydrogen-bond acceptors (Lipinski definition) is 2. The molecule has 0 saturated heterocycles. The quantitative estimate of drug-likeness (QED) is 0.803. The summed E-state index contributed by atoms with van der Waals surface area (Å²) in [6.45, 7) is 13.7. The first kappa shape index (κ1) is 16.0. The summed E-state index contributed by atoms with van der Waals surface area (Å²) in [5, 5.41) is 0. The van der Waals surface area contributed by atoms with E-state index >= 15 is 0 Å². The van der Waals surface area contributed by atoms with E-state index in [1.165, 1.54) is 0 Å². The van der Waals surface area contributed by atoms with Crippen LogP contribution in [0.2, 0.25) is 0 Å². The van der Waals surface area contributed by atoms with Gasteiger partial charge in [-0.2, -0.15) is 4.99 Å². The van der Waals surface area contributed by atoms with Gasteiger partial charge >= 0.3 is 6.03 Å². The van der Waals surface area contributed by atoms with E-state index in [2.05, 4.69) is 46.5 Å². The van der Waals surface area contributed by atoms with Crippen LogP contribution in [0.4, 0.5) is 4.79 Å². The average molecular weight is 267 g/mol. The van der Waals surface area contributed by atoms with Gasteiger partial charge < -0.3 is 10.6 Å². The van der Waals surface area contributed by atoms with E-state index in [9.17, 15) is 4.79 Å². The smallest absolute Gasteiger partial charge is 0.346 e. The van der Waals surface area contributed by atoms with Crippen molar-refractivity contribution in [1.29, 1.82) is 0 Å². The fourth-order valence-electron chi connectivity index (χ4n) is 3.07. The van der Waals surface area contributed by atoms with Gasteiger partial charge in [-0.05, 0) is 30.6 Å². The van der Waals surface area contributed by atoms with E-state index in [0.29, 0.717) is 23.6 Å². The Kier molecular flexibility index (Phi) is 4.99. The normalized spacial score (nSPS) is 18.9. The van der Waals surface area contributed by atoms with Gasteiger partial charge in [0.25, 0.3) is 0 Å². The number of urea groups is 1. The highest BCUT2D eigenvalue weighted by atomic mass is 16.2. The van der Waals surface area contributed by atoms with Gasteiger partial charge in [0.15, 0.2) is 0 Å². The summed E-state index contributed by atoms with van der Waals surface area (Å²) in [6.07, 6.45) is 1.78. The minimum Gasteiger partial charge on any atom is -0.385 e. The molecule has 110 valence electrons. The van der Waals surface area contributed by atoms with Crippen molar-refractivity contribution in [3.8, 4) is 0 Å². The van der Waals surface area contributed by atoms with Gasteiger partial charge in [0.1, 0.15) is 11.4 Å². The number of nitrogens with zero attached hydrogens (tertiary/aromatic N) is 2. The Morgan fingerprint density at radius 1 is 1.05 bits per heavy atom. The van der Waals surface area contributed by atoms with Crippen LogP contribution in [0, 0.1) is 17.8 Å². The van der Waals surface area contributed by atoms with E-state index in [4.69, 9.17) is 5.73 Å². The van der Waals surface area contributed by atoms with Crippen LogP contribution in [-0.4, -0.2) is 28.9 Å². The zero-order valence-electron chi connectivity index (χ0n) is 13.2. The monoisotopic (exact) mass is 267 g/mol. The van der Waals surface area contributed by atoms with Gasteiger partial charge in [-0.15, -0.1) is 0 Å². The third-order valence-electron chi connectivity index (χ3n) is 3.48. The van der Waals surface area contributed by atoms with Crippen LogP contribution in [0.25, 0.3) is 0 Å². The highest BCUT2D eigenvalue weighted by Crippen LogP contribution is 2.36.